The van der Waals surface area contributed by atoms with Gasteiger partial charge >= 0.3 is 0 Å². The second-order valence-electron chi connectivity index (χ2n) is 6.54. The van der Waals surface area contributed by atoms with Gasteiger partial charge in [0.2, 0.25) is 0 Å². The predicted molar refractivity (Wildman–Crippen MR) is 109 cm³/mol. The Labute approximate surface area is 161 Å². The number of nitrogens with zero attached hydrogens (tertiary/aromatic N) is 1. The Balaban J connectivity index is 0.000000570. The molecule has 4 nitrogen and oxygen atoms in total. The Hall–Kier alpha value is -1.81. The van der Waals surface area contributed by atoms with E-state index in [0.717, 1.165) is 53.8 Å². The Kier molecular flexibility index (Phi) is 6.51. The van der Waals surface area contributed by atoms with Crippen LogP contribution in [0.3, 0.4) is 0 Å². The summed E-state index contributed by atoms with van der Waals surface area (Å²) in [5.41, 5.74) is 6.18. The summed E-state index contributed by atoms with van der Waals surface area (Å²) >= 11 is 6.06. The number of amides is 1. The van der Waals surface area contributed by atoms with E-state index < -0.39 is 0 Å². The molecule has 142 valence electrons. The van der Waals surface area contributed by atoms with Crippen molar-refractivity contribution in [3.8, 4) is 11.3 Å². The van der Waals surface area contributed by atoms with E-state index in [2.05, 4.69) is 29.1 Å². The van der Waals surface area contributed by atoms with Crippen molar-refractivity contribution in [3.05, 3.63) is 39.8 Å². The minimum Gasteiger partial charge on any atom is -0.357 e. The van der Waals surface area contributed by atoms with Gasteiger partial charge in [0.05, 0.1) is 11.3 Å². The molecule has 1 amide bonds. The summed E-state index contributed by atoms with van der Waals surface area (Å²) in [4.78, 5) is 20.3. The van der Waals surface area contributed by atoms with Crippen LogP contribution in [0.4, 0.5) is 0 Å². The summed E-state index contributed by atoms with van der Waals surface area (Å²) in [6.07, 6.45) is 5.36. The van der Waals surface area contributed by atoms with Gasteiger partial charge < -0.3 is 10.3 Å². The van der Waals surface area contributed by atoms with Crippen LogP contribution in [0.2, 0.25) is 5.15 Å². The number of rotatable bonds is 1. The highest BCUT2D eigenvalue weighted by Gasteiger charge is 2.37. The minimum atomic E-state index is -0.170. The Morgan fingerprint density at radius 2 is 1.92 bits per heavy atom. The van der Waals surface area contributed by atoms with Crippen molar-refractivity contribution in [2.24, 2.45) is 0 Å². The Morgan fingerprint density at radius 1 is 1.23 bits per heavy atom. The summed E-state index contributed by atoms with van der Waals surface area (Å²) in [7, 11) is 0. The molecule has 0 saturated heterocycles. The van der Waals surface area contributed by atoms with Crippen molar-refractivity contribution in [1.82, 2.24) is 15.3 Å². The van der Waals surface area contributed by atoms with Crippen LogP contribution in [0.5, 0.6) is 0 Å². The van der Waals surface area contributed by atoms with Crippen LogP contribution in [0.15, 0.2) is 12.3 Å². The number of aromatic amines is 1. The lowest BCUT2D eigenvalue weighted by atomic mass is 9.84. The quantitative estimate of drug-likeness (QED) is 0.661. The Bertz CT molecular complexity index is 797. The zero-order valence-corrected chi connectivity index (χ0v) is 17.5. The molecule has 0 radical (unpaired) electrons. The maximum atomic E-state index is 12.6. The standard InChI is InChI=1S/C17H18ClN3O.2C2H6/c1-3-17(2)7-12-14(16(22)21-17)10-5-4-9-8-19-13(18)6-11(9)15(10)20-12;2*1-2/h6,8,20H,3-5,7H2,1-2H3,(H,21,22);2*1-2H3. The van der Waals surface area contributed by atoms with E-state index in [-0.39, 0.29) is 11.4 Å². The van der Waals surface area contributed by atoms with Crippen LogP contribution in [-0.2, 0) is 19.3 Å². The van der Waals surface area contributed by atoms with Crippen LogP contribution < -0.4 is 5.32 Å². The van der Waals surface area contributed by atoms with Gasteiger partial charge in [0.25, 0.3) is 5.91 Å². The molecule has 5 heteroatoms. The average Bonchev–Trinajstić information content (AvgIpc) is 3.03. The van der Waals surface area contributed by atoms with E-state index in [9.17, 15) is 4.79 Å². The van der Waals surface area contributed by atoms with Crippen molar-refractivity contribution in [3.63, 3.8) is 0 Å². The van der Waals surface area contributed by atoms with Crippen molar-refractivity contribution in [2.45, 2.75) is 72.8 Å². The molecule has 2 aromatic heterocycles. The van der Waals surface area contributed by atoms with E-state index in [4.69, 9.17) is 11.6 Å². The summed E-state index contributed by atoms with van der Waals surface area (Å²) in [6, 6.07) is 1.90. The van der Waals surface area contributed by atoms with Crippen LogP contribution in [-0.4, -0.2) is 21.4 Å². The topological polar surface area (TPSA) is 57.8 Å². The van der Waals surface area contributed by atoms with Gasteiger partial charge in [0, 0.05) is 29.4 Å². The molecule has 1 aliphatic carbocycles. The zero-order chi connectivity index (χ0) is 19.5. The van der Waals surface area contributed by atoms with Crippen molar-refractivity contribution in [2.75, 3.05) is 0 Å². The van der Waals surface area contributed by atoms with Crippen LogP contribution in [0.25, 0.3) is 11.3 Å². The van der Waals surface area contributed by atoms with Gasteiger partial charge in [-0.2, -0.15) is 0 Å². The van der Waals surface area contributed by atoms with Gasteiger partial charge in [-0.1, -0.05) is 46.2 Å². The molecule has 3 heterocycles. The van der Waals surface area contributed by atoms with Crippen molar-refractivity contribution >= 4 is 17.5 Å². The van der Waals surface area contributed by atoms with Crippen LogP contribution >= 0.6 is 11.6 Å². The first-order chi connectivity index (χ1) is 12.5. The number of halogens is 1. The molecular formula is C21H30ClN3O. The molecule has 2 aliphatic rings. The number of fused-ring (bicyclic) bond motifs is 5. The maximum absolute atomic E-state index is 12.6. The Morgan fingerprint density at radius 3 is 2.58 bits per heavy atom. The highest BCUT2D eigenvalue weighted by Crippen LogP contribution is 2.39. The normalized spacial score (nSPS) is 19.6. The molecule has 0 spiro atoms. The van der Waals surface area contributed by atoms with E-state index in [1.54, 1.807) is 0 Å². The minimum absolute atomic E-state index is 0.0479. The van der Waals surface area contributed by atoms with Gasteiger partial charge in [0.1, 0.15) is 5.15 Å². The van der Waals surface area contributed by atoms with Gasteiger partial charge in [-0.05, 0) is 43.4 Å². The highest BCUT2D eigenvalue weighted by atomic mass is 35.5. The average molecular weight is 376 g/mol. The fourth-order valence-electron chi connectivity index (χ4n) is 3.62. The number of pyridine rings is 1. The summed E-state index contributed by atoms with van der Waals surface area (Å²) in [5, 5.41) is 3.66. The molecular weight excluding hydrogens is 346 g/mol. The second-order valence-corrected chi connectivity index (χ2v) is 6.93. The van der Waals surface area contributed by atoms with Crippen LogP contribution in [0, 0.1) is 0 Å². The van der Waals surface area contributed by atoms with Gasteiger partial charge in [-0.25, -0.2) is 4.98 Å². The summed E-state index contributed by atoms with van der Waals surface area (Å²) < 4.78 is 0. The number of H-pyrrole nitrogens is 1. The highest BCUT2D eigenvalue weighted by molar-refractivity contribution is 6.29. The van der Waals surface area contributed by atoms with Gasteiger partial charge in [0.15, 0.2) is 0 Å². The third kappa shape index (κ3) is 3.52. The number of carbonyl (C=O) groups is 1. The molecule has 1 unspecified atom stereocenters. The molecule has 0 fully saturated rings. The van der Waals surface area contributed by atoms with E-state index in [1.807, 2.05) is 40.0 Å². The SMILES string of the molecule is CC.CC.CCC1(C)Cc2[nH]c3c(c2C(=O)N1)CCc1cnc(Cl)cc1-3. The van der Waals surface area contributed by atoms with E-state index >= 15 is 0 Å². The van der Waals surface area contributed by atoms with E-state index in [1.165, 1.54) is 5.56 Å². The molecule has 0 bridgehead atoms. The number of nitrogens with one attached hydrogen (secondary N) is 2. The molecule has 4 rings (SSSR count). The third-order valence-electron chi connectivity index (χ3n) is 5.04. The first-order valence-corrected chi connectivity index (χ1v) is 10.1. The first kappa shape index (κ1) is 20.5. The first-order valence-electron chi connectivity index (χ1n) is 9.72. The van der Waals surface area contributed by atoms with Crippen LogP contribution in [0.1, 0.15) is 75.1 Å². The fraction of sp³-hybridized carbons (Fsp3) is 0.524. The fourth-order valence-corrected chi connectivity index (χ4v) is 3.77. The predicted octanol–water partition coefficient (Wildman–Crippen LogP) is 5.34. The third-order valence-corrected chi connectivity index (χ3v) is 5.24. The zero-order valence-electron chi connectivity index (χ0n) is 16.7. The smallest absolute Gasteiger partial charge is 0.253 e. The van der Waals surface area contributed by atoms with Crippen molar-refractivity contribution < 1.29 is 4.79 Å². The molecule has 0 saturated carbocycles. The molecule has 26 heavy (non-hydrogen) atoms. The van der Waals surface area contributed by atoms with Gasteiger partial charge in [-0.3, -0.25) is 4.79 Å². The van der Waals surface area contributed by atoms with Crippen molar-refractivity contribution in [1.29, 1.82) is 0 Å². The number of aryl methyl sites for hydroxylation is 1. The summed E-state index contributed by atoms with van der Waals surface area (Å²) in [6.45, 7) is 12.2. The maximum Gasteiger partial charge on any atom is 0.253 e. The van der Waals surface area contributed by atoms with Gasteiger partial charge in [-0.15, -0.1) is 0 Å². The number of aromatic nitrogens is 2. The lowest BCUT2D eigenvalue weighted by Crippen LogP contribution is -2.51. The lowest BCUT2D eigenvalue weighted by molar-refractivity contribution is 0.0884. The number of carbonyl (C=O) groups excluding carboxylic acids is 1. The molecule has 2 aromatic rings. The monoisotopic (exact) mass is 375 g/mol. The largest absolute Gasteiger partial charge is 0.357 e. The van der Waals surface area contributed by atoms with E-state index in [0.29, 0.717) is 5.15 Å². The molecule has 2 N–H and O–H groups in total. The number of hydrogen-bond acceptors (Lipinski definition) is 2. The molecule has 0 aromatic carbocycles. The summed E-state index contributed by atoms with van der Waals surface area (Å²) in [5.74, 6) is 0.0479. The second kappa shape index (κ2) is 8.26. The number of hydrogen-bond donors (Lipinski definition) is 2. The molecule has 1 atom stereocenters. The lowest BCUT2D eigenvalue weighted by Gasteiger charge is -2.33. The molecule has 1 aliphatic heterocycles.